The number of Topliss-reactive ketones (excluding diaryl/α,β-unsaturated/α-hetero) is 1. The molecule has 3 fully saturated rings. The molecular weight excluding hydrogens is 494 g/mol. The number of aliphatic hydroxyl groups excluding tert-OH is 1. The van der Waals surface area contributed by atoms with E-state index in [1.165, 1.54) is 0 Å². The van der Waals surface area contributed by atoms with Crippen LogP contribution in [0.2, 0.25) is 0 Å². The van der Waals surface area contributed by atoms with Crippen LogP contribution in [-0.4, -0.2) is 72.6 Å². The second kappa shape index (κ2) is 12.1. The fourth-order valence-corrected chi connectivity index (χ4v) is 8.20. The van der Waals surface area contributed by atoms with Crippen molar-refractivity contribution < 1.29 is 28.9 Å². The molecule has 218 valence electrons. The Labute approximate surface area is 234 Å². The molecule has 5 rings (SSSR count). The van der Waals surface area contributed by atoms with Crippen LogP contribution in [0.4, 0.5) is 0 Å². The summed E-state index contributed by atoms with van der Waals surface area (Å²) in [7, 11) is 4.17. The number of ketones is 1. The van der Waals surface area contributed by atoms with Crippen LogP contribution in [-0.2, 0) is 23.8 Å². The fourth-order valence-electron chi connectivity index (χ4n) is 8.20. The van der Waals surface area contributed by atoms with Gasteiger partial charge < -0.3 is 24.2 Å². The van der Waals surface area contributed by atoms with Gasteiger partial charge in [0.25, 0.3) is 0 Å². The first kappa shape index (κ1) is 29.0. The highest BCUT2D eigenvalue weighted by molar-refractivity contribution is 5.99. The predicted octanol–water partition coefficient (Wildman–Crippen LogP) is 4.67. The summed E-state index contributed by atoms with van der Waals surface area (Å²) >= 11 is 0. The van der Waals surface area contributed by atoms with E-state index in [1.807, 2.05) is 6.92 Å². The Morgan fingerprint density at radius 3 is 2.56 bits per heavy atom. The molecule has 2 saturated heterocycles. The van der Waals surface area contributed by atoms with Crippen molar-refractivity contribution in [3.63, 3.8) is 0 Å². The normalized spacial score (nSPS) is 45.1. The Balaban J connectivity index is 1.39. The molecule has 7 heteroatoms. The van der Waals surface area contributed by atoms with E-state index in [-0.39, 0.29) is 72.6 Å². The summed E-state index contributed by atoms with van der Waals surface area (Å²) in [4.78, 5) is 29.5. The van der Waals surface area contributed by atoms with Gasteiger partial charge in [-0.3, -0.25) is 9.59 Å². The monoisotopic (exact) mass is 543 g/mol. The Hall–Kier alpha value is -1.54. The maximum absolute atomic E-state index is 14.2. The number of likely N-dealkylation sites (N-methyl/N-ethyl adjacent to an activating group) is 1. The number of fused-ring (bicyclic) bond motifs is 5. The maximum Gasteiger partial charge on any atom is 0.306 e. The molecule has 3 aliphatic carbocycles. The van der Waals surface area contributed by atoms with E-state index in [0.29, 0.717) is 17.9 Å². The average Bonchev–Trinajstić information content (AvgIpc) is 3.45. The predicted molar refractivity (Wildman–Crippen MR) is 149 cm³/mol. The Kier molecular flexibility index (Phi) is 9.02. The summed E-state index contributed by atoms with van der Waals surface area (Å²) in [5.41, 5.74) is 0.772. The third-order valence-electron chi connectivity index (χ3n) is 10.4. The summed E-state index contributed by atoms with van der Waals surface area (Å²) in [5.74, 6) is 0.331. The lowest BCUT2D eigenvalue weighted by Gasteiger charge is -2.40. The Bertz CT molecular complexity index is 960. The standard InChI is InChI=1S/C32H49NO6/c1-6-22-8-7-9-29(39-31-13-12-28(33(4)5)19(3)37-31)18(2)32(36)27-16-25-23(26(27)17-30(35)38-22)11-10-20-14-21(34)15-24(20)25/h10-11,16,18-26,28-29,31,34H,6-9,12-15,17H2,1-5H3/t18-,19+,20+,21+,22+,23+,24+,25+,26-,28-,29-,31-/m0/s1. The number of hydrogen-bond acceptors (Lipinski definition) is 7. The third kappa shape index (κ3) is 6.07. The molecule has 5 aliphatic rings. The van der Waals surface area contributed by atoms with Gasteiger partial charge in [0.1, 0.15) is 6.10 Å². The lowest BCUT2D eigenvalue weighted by atomic mass is 9.70. The fraction of sp³-hybridized carbons (Fsp3) is 0.812. The first-order valence-electron chi connectivity index (χ1n) is 15.4. The molecule has 39 heavy (non-hydrogen) atoms. The van der Waals surface area contributed by atoms with Crippen molar-refractivity contribution in [3.8, 4) is 0 Å². The van der Waals surface area contributed by atoms with Crippen molar-refractivity contribution in [2.75, 3.05) is 14.1 Å². The number of cyclic esters (lactones) is 1. The minimum absolute atomic E-state index is 0.0615. The average molecular weight is 544 g/mol. The highest BCUT2D eigenvalue weighted by atomic mass is 16.7. The number of allylic oxidation sites excluding steroid dienone is 4. The molecule has 0 aromatic carbocycles. The molecule has 1 N–H and O–H groups in total. The van der Waals surface area contributed by atoms with Crippen LogP contribution >= 0.6 is 0 Å². The second-order valence-electron chi connectivity index (χ2n) is 13.1. The van der Waals surface area contributed by atoms with Crippen molar-refractivity contribution in [1.82, 2.24) is 4.90 Å². The minimum atomic E-state index is -0.325. The number of nitrogens with zero attached hydrogens (tertiary/aromatic N) is 1. The van der Waals surface area contributed by atoms with Gasteiger partial charge in [-0.2, -0.15) is 0 Å². The van der Waals surface area contributed by atoms with E-state index in [2.05, 4.69) is 51.1 Å². The van der Waals surface area contributed by atoms with E-state index in [4.69, 9.17) is 14.2 Å². The minimum Gasteiger partial charge on any atom is -0.462 e. The van der Waals surface area contributed by atoms with Crippen LogP contribution in [0.3, 0.4) is 0 Å². The number of hydrogen-bond donors (Lipinski definition) is 1. The highest BCUT2D eigenvalue weighted by Gasteiger charge is 2.50. The number of carbonyl (C=O) groups is 2. The summed E-state index contributed by atoms with van der Waals surface area (Å²) in [6.07, 6.45) is 12.4. The molecule has 0 spiro atoms. The first-order chi connectivity index (χ1) is 18.7. The molecule has 1 saturated carbocycles. The summed E-state index contributed by atoms with van der Waals surface area (Å²) in [5, 5.41) is 10.4. The van der Waals surface area contributed by atoms with E-state index >= 15 is 0 Å². The van der Waals surface area contributed by atoms with Crippen LogP contribution in [0.5, 0.6) is 0 Å². The molecule has 12 atom stereocenters. The van der Waals surface area contributed by atoms with Crippen LogP contribution in [0.15, 0.2) is 23.8 Å². The number of esters is 1. The van der Waals surface area contributed by atoms with Gasteiger partial charge in [0.05, 0.1) is 24.7 Å². The Morgan fingerprint density at radius 2 is 1.85 bits per heavy atom. The third-order valence-corrected chi connectivity index (χ3v) is 10.4. The van der Waals surface area contributed by atoms with Gasteiger partial charge in [-0.15, -0.1) is 0 Å². The first-order valence-corrected chi connectivity index (χ1v) is 15.4. The van der Waals surface area contributed by atoms with Crippen molar-refractivity contribution in [2.24, 2.45) is 35.5 Å². The zero-order valence-electron chi connectivity index (χ0n) is 24.5. The molecule has 0 aromatic heterocycles. The zero-order chi connectivity index (χ0) is 27.8. The molecule has 2 heterocycles. The highest BCUT2D eigenvalue weighted by Crippen LogP contribution is 2.53. The maximum atomic E-state index is 14.2. The van der Waals surface area contributed by atoms with E-state index in [9.17, 15) is 14.7 Å². The van der Waals surface area contributed by atoms with Crippen LogP contribution in [0.25, 0.3) is 0 Å². The summed E-state index contributed by atoms with van der Waals surface area (Å²) in [6.45, 7) is 6.17. The Morgan fingerprint density at radius 1 is 1.05 bits per heavy atom. The van der Waals surface area contributed by atoms with Gasteiger partial charge in [0, 0.05) is 17.9 Å². The van der Waals surface area contributed by atoms with E-state index < -0.39 is 0 Å². The molecule has 0 unspecified atom stereocenters. The lowest BCUT2D eigenvalue weighted by molar-refractivity contribution is -0.231. The molecule has 0 radical (unpaired) electrons. The molecular formula is C32H49NO6. The number of ether oxygens (including phenoxy) is 3. The van der Waals surface area contributed by atoms with Crippen molar-refractivity contribution >= 4 is 11.8 Å². The smallest absolute Gasteiger partial charge is 0.306 e. The topological polar surface area (TPSA) is 85.3 Å². The molecule has 0 amide bonds. The summed E-state index contributed by atoms with van der Waals surface area (Å²) in [6, 6.07) is 0.360. The van der Waals surface area contributed by atoms with Gasteiger partial charge in [-0.05, 0) is 102 Å². The molecule has 0 bridgehead atoms. The number of carbonyl (C=O) groups excluding carboxylic acids is 2. The quantitative estimate of drug-likeness (QED) is 0.407. The van der Waals surface area contributed by atoms with E-state index in [0.717, 1.165) is 56.9 Å². The molecule has 2 aliphatic heterocycles. The molecule has 7 nitrogen and oxygen atoms in total. The van der Waals surface area contributed by atoms with Gasteiger partial charge in [-0.1, -0.05) is 32.1 Å². The zero-order valence-corrected chi connectivity index (χ0v) is 24.5. The van der Waals surface area contributed by atoms with Crippen molar-refractivity contribution in [1.29, 1.82) is 0 Å². The molecule has 0 aromatic rings. The van der Waals surface area contributed by atoms with Crippen LogP contribution in [0, 0.1) is 35.5 Å². The van der Waals surface area contributed by atoms with Gasteiger partial charge in [-0.25, -0.2) is 0 Å². The largest absolute Gasteiger partial charge is 0.462 e. The summed E-state index contributed by atoms with van der Waals surface area (Å²) < 4.78 is 18.9. The second-order valence-corrected chi connectivity index (χ2v) is 13.1. The van der Waals surface area contributed by atoms with Gasteiger partial charge >= 0.3 is 5.97 Å². The number of rotatable bonds is 4. The SMILES string of the molecule is CC[C@@H]1CCC[C@H](O[C@H]2CC[C@H](N(C)C)[C@@H](C)O2)[C@H](C)C(=O)C2=C[C@@H]3[C@@H](C=C[C@@H]4C[C@@H](O)C[C@@H]34)[C@@H]2CC(=O)O1. The lowest BCUT2D eigenvalue weighted by Crippen LogP contribution is -2.47. The van der Waals surface area contributed by atoms with Crippen molar-refractivity contribution in [3.05, 3.63) is 23.8 Å². The van der Waals surface area contributed by atoms with Crippen LogP contribution < -0.4 is 0 Å². The van der Waals surface area contributed by atoms with Gasteiger partial charge in [0.15, 0.2) is 12.1 Å². The van der Waals surface area contributed by atoms with E-state index in [1.54, 1.807) is 0 Å². The van der Waals surface area contributed by atoms with Crippen molar-refractivity contribution in [2.45, 2.75) is 115 Å². The van der Waals surface area contributed by atoms with Crippen LogP contribution in [0.1, 0.15) is 78.6 Å². The van der Waals surface area contributed by atoms with Gasteiger partial charge in [0.2, 0.25) is 0 Å². The number of aliphatic hydroxyl groups is 1.